The first-order valence-corrected chi connectivity index (χ1v) is 6.30. The number of hydrogen-bond donors (Lipinski definition) is 0. The topological polar surface area (TPSA) is 17.1 Å². The molecule has 0 fully saturated rings. The van der Waals surface area contributed by atoms with Crippen LogP contribution in [0.2, 0.25) is 0 Å². The number of rotatable bonds is 7. The molecule has 0 saturated carbocycles. The van der Waals surface area contributed by atoms with Gasteiger partial charge in [-0.1, -0.05) is 39.0 Å². The second-order valence-corrected chi connectivity index (χ2v) is 4.60. The summed E-state index contributed by atoms with van der Waals surface area (Å²) in [5.41, 5.74) is 0. The van der Waals surface area contributed by atoms with Crippen LogP contribution in [0.5, 0.6) is 0 Å². The lowest BCUT2D eigenvalue weighted by molar-refractivity contribution is 0.622. The Morgan fingerprint density at radius 1 is 1.00 bits per heavy atom. The van der Waals surface area contributed by atoms with Crippen LogP contribution in [-0.4, -0.2) is 16.2 Å². The van der Waals surface area contributed by atoms with Crippen molar-refractivity contribution in [1.82, 2.24) is 0 Å². The zero-order valence-corrected chi connectivity index (χ0v) is 8.58. The first-order valence-electron chi connectivity index (χ1n) is 4.57. The minimum atomic E-state index is -0.573. The molecule has 11 heavy (non-hydrogen) atoms. The summed E-state index contributed by atoms with van der Waals surface area (Å²) in [5.74, 6) is 0.895. The van der Waals surface area contributed by atoms with Gasteiger partial charge in [0.15, 0.2) is 0 Å². The lowest BCUT2D eigenvalue weighted by Crippen LogP contribution is -1.93. The lowest BCUT2D eigenvalue weighted by Gasteiger charge is -1.97. The monoisotopic (exact) mass is 176 g/mol. The summed E-state index contributed by atoms with van der Waals surface area (Å²) in [6, 6.07) is 0. The number of unbranched alkanes of at least 4 members (excludes halogenated alkanes) is 5. The van der Waals surface area contributed by atoms with Gasteiger partial charge in [-0.2, -0.15) is 0 Å². The molecule has 0 aliphatic rings. The van der Waals surface area contributed by atoms with Crippen LogP contribution in [0.15, 0.2) is 0 Å². The van der Waals surface area contributed by atoms with Gasteiger partial charge in [-0.3, -0.25) is 4.21 Å². The molecule has 0 unspecified atom stereocenters. The number of hydrogen-bond acceptors (Lipinski definition) is 1. The standard InChI is InChI=1S/C9H20OS/c1-3-4-5-6-7-8-9-11(2)10/h3-9H2,1-2H3/t11-/m1/s1. The summed E-state index contributed by atoms with van der Waals surface area (Å²) in [6.45, 7) is 2.22. The van der Waals surface area contributed by atoms with Crippen molar-refractivity contribution in [2.45, 2.75) is 45.4 Å². The predicted molar refractivity (Wildman–Crippen MR) is 52.3 cm³/mol. The Morgan fingerprint density at radius 2 is 1.55 bits per heavy atom. The third-order valence-electron chi connectivity index (χ3n) is 1.79. The average molecular weight is 176 g/mol. The van der Waals surface area contributed by atoms with Gasteiger partial charge in [0.1, 0.15) is 0 Å². The molecule has 1 nitrogen and oxygen atoms in total. The van der Waals surface area contributed by atoms with Gasteiger partial charge in [-0.05, 0) is 6.42 Å². The summed E-state index contributed by atoms with van der Waals surface area (Å²) in [7, 11) is -0.573. The smallest absolute Gasteiger partial charge is 0.0232 e. The van der Waals surface area contributed by atoms with Crippen molar-refractivity contribution in [2.24, 2.45) is 0 Å². The van der Waals surface area contributed by atoms with E-state index in [4.69, 9.17) is 0 Å². The second-order valence-electron chi connectivity index (χ2n) is 3.05. The van der Waals surface area contributed by atoms with E-state index in [0.29, 0.717) is 0 Å². The zero-order chi connectivity index (χ0) is 8.53. The molecule has 68 valence electrons. The first kappa shape index (κ1) is 11.2. The van der Waals surface area contributed by atoms with E-state index >= 15 is 0 Å². The highest BCUT2D eigenvalue weighted by atomic mass is 32.2. The molecule has 0 aliphatic carbocycles. The van der Waals surface area contributed by atoms with Crippen molar-refractivity contribution in [3.8, 4) is 0 Å². The summed E-state index contributed by atoms with van der Waals surface area (Å²) in [4.78, 5) is 0. The van der Waals surface area contributed by atoms with Crippen LogP contribution in [0.25, 0.3) is 0 Å². The van der Waals surface area contributed by atoms with Gasteiger partial charge in [0, 0.05) is 22.8 Å². The molecule has 0 aromatic rings. The normalized spacial score (nSPS) is 13.3. The van der Waals surface area contributed by atoms with Crippen molar-refractivity contribution >= 4 is 10.8 Å². The van der Waals surface area contributed by atoms with Gasteiger partial charge in [-0.15, -0.1) is 0 Å². The highest BCUT2D eigenvalue weighted by Crippen LogP contribution is 2.04. The molecule has 0 saturated heterocycles. The van der Waals surface area contributed by atoms with Crippen molar-refractivity contribution in [1.29, 1.82) is 0 Å². The van der Waals surface area contributed by atoms with Crippen LogP contribution >= 0.6 is 0 Å². The summed E-state index contributed by atoms with van der Waals surface area (Å²) >= 11 is 0. The molecule has 1 atom stereocenters. The lowest BCUT2D eigenvalue weighted by atomic mass is 10.1. The highest BCUT2D eigenvalue weighted by Gasteiger charge is 1.91. The van der Waals surface area contributed by atoms with E-state index in [9.17, 15) is 4.21 Å². The minimum Gasteiger partial charge on any atom is -0.260 e. The van der Waals surface area contributed by atoms with Crippen LogP contribution in [-0.2, 0) is 10.8 Å². The van der Waals surface area contributed by atoms with Gasteiger partial charge in [0.25, 0.3) is 0 Å². The quantitative estimate of drug-likeness (QED) is 0.545. The Hall–Kier alpha value is 0.150. The van der Waals surface area contributed by atoms with Crippen LogP contribution in [0.1, 0.15) is 45.4 Å². The zero-order valence-electron chi connectivity index (χ0n) is 7.77. The van der Waals surface area contributed by atoms with Gasteiger partial charge < -0.3 is 0 Å². The van der Waals surface area contributed by atoms with E-state index in [2.05, 4.69) is 6.92 Å². The fraction of sp³-hybridized carbons (Fsp3) is 1.00. The Labute approximate surface area is 73.0 Å². The van der Waals surface area contributed by atoms with Crippen LogP contribution < -0.4 is 0 Å². The molecule has 0 aromatic carbocycles. The Balaban J connectivity index is 2.85. The molecule has 0 aliphatic heterocycles. The fourth-order valence-electron chi connectivity index (χ4n) is 1.09. The molecular formula is C9H20OS. The van der Waals surface area contributed by atoms with E-state index < -0.39 is 10.8 Å². The Kier molecular flexibility index (Phi) is 8.36. The molecule has 0 heterocycles. The van der Waals surface area contributed by atoms with Gasteiger partial charge in [0.05, 0.1) is 0 Å². The fourth-order valence-corrected chi connectivity index (χ4v) is 1.70. The van der Waals surface area contributed by atoms with E-state index in [1.54, 1.807) is 6.26 Å². The van der Waals surface area contributed by atoms with E-state index in [1.165, 1.54) is 32.1 Å². The summed E-state index contributed by atoms with van der Waals surface area (Å²) in [6.07, 6.45) is 9.53. The van der Waals surface area contributed by atoms with E-state index in [0.717, 1.165) is 12.2 Å². The first-order chi connectivity index (χ1) is 5.27. The maximum atomic E-state index is 10.6. The van der Waals surface area contributed by atoms with E-state index in [1.807, 2.05) is 0 Å². The third-order valence-corrected chi connectivity index (χ3v) is 2.65. The molecular weight excluding hydrogens is 156 g/mol. The van der Waals surface area contributed by atoms with Gasteiger partial charge in [0.2, 0.25) is 0 Å². The highest BCUT2D eigenvalue weighted by molar-refractivity contribution is 7.84. The van der Waals surface area contributed by atoms with Crippen molar-refractivity contribution in [3.63, 3.8) is 0 Å². The van der Waals surface area contributed by atoms with Crippen molar-refractivity contribution in [2.75, 3.05) is 12.0 Å². The van der Waals surface area contributed by atoms with E-state index in [-0.39, 0.29) is 0 Å². The maximum absolute atomic E-state index is 10.6. The summed E-state index contributed by atoms with van der Waals surface area (Å²) in [5, 5.41) is 0. The summed E-state index contributed by atoms with van der Waals surface area (Å²) < 4.78 is 10.6. The second kappa shape index (κ2) is 8.25. The van der Waals surface area contributed by atoms with Crippen molar-refractivity contribution < 1.29 is 4.21 Å². The van der Waals surface area contributed by atoms with Gasteiger partial charge in [-0.25, -0.2) is 0 Å². The molecule has 0 aromatic heterocycles. The Bertz CT molecular complexity index is 102. The molecule has 0 rings (SSSR count). The Morgan fingerprint density at radius 3 is 2.09 bits per heavy atom. The molecule has 0 bridgehead atoms. The minimum absolute atomic E-state index is 0.573. The third kappa shape index (κ3) is 10.2. The largest absolute Gasteiger partial charge is 0.260 e. The van der Waals surface area contributed by atoms with Gasteiger partial charge >= 0.3 is 0 Å². The van der Waals surface area contributed by atoms with Crippen LogP contribution in [0.3, 0.4) is 0 Å². The molecule has 2 heteroatoms. The predicted octanol–water partition coefficient (Wildman–Crippen LogP) is 2.73. The molecule has 0 amide bonds. The van der Waals surface area contributed by atoms with Crippen LogP contribution in [0, 0.1) is 0 Å². The van der Waals surface area contributed by atoms with Crippen molar-refractivity contribution in [3.05, 3.63) is 0 Å². The average Bonchev–Trinajstić information content (AvgIpc) is 1.96. The maximum Gasteiger partial charge on any atom is 0.0232 e. The SMILES string of the molecule is CCCCCCCC[S@@](C)=O. The molecule has 0 N–H and O–H groups in total. The molecule has 0 radical (unpaired) electrons. The van der Waals surface area contributed by atoms with Crippen LogP contribution in [0.4, 0.5) is 0 Å². The molecule has 0 spiro atoms.